The number of aliphatic hydroxyl groups is 4. The van der Waals surface area contributed by atoms with Crippen LogP contribution in [0.5, 0.6) is 0 Å². The quantitative estimate of drug-likeness (QED) is 0.0105. The number of benzene rings is 5. The average molecular weight is 1300 g/mol. The molecule has 0 radical (unpaired) electrons. The molecule has 88 heavy (non-hydrogen) atoms. The standard InChI is InChI=1S/C15H23N3OS.C15H23N3S.C13H19N3OS.C11H15N3OS.C10H13N3OS/c16-18(11-7-3-1-2-4-8-12-19)15-17-13-9-5-6-10-14(13)20-15;1-2-3-4-5-6-9-12-18(16)15-17-13-10-7-8-11-14(13)19-15;14-16(9-5-1-2-6-10-17)13-15-11-7-3-4-8-12(11)18-13;12-14(7-3-4-8-15)11-13-9-5-1-2-6-10(9)16-11;11-13(6-3-7-14)10-12-8-4-1-2-5-9(8)15-10/h5-6,9-10,19H,1-4,7-8,11-12,16H2;7-8,10-11H,2-6,9,12,16H2,1H3;3-4,7-8,17H,1-2,5-6,9-10,14H2;1-2,5-6,15H,3-4,7-8,12H2;1-2,4-5,14H,3,6-7,11H2. The van der Waals surface area contributed by atoms with E-state index in [2.05, 4.69) is 50.0 Å². The summed E-state index contributed by atoms with van der Waals surface area (Å²) in [5, 5.41) is 47.6. The maximum Gasteiger partial charge on any atom is 0.200 e. The van der Waals surface area contributed by atoms with Crippen LogP contribution in [0.25, 0.3) is 51.1 Å². The first-order valence-corrected chi connectivity index (χ1v) is 35.0. The third-order valence-electron chi connectivity index (χ3n) is 13.9. The van der Waals surface area contributed by atoms with Crippen molar-refractivity contribution in [3.05, 3.63) is 121 Å². The van der Waals surface area contributed by atoms with E-state index in [0.29, 0.717) is 19.6 Å². The van der Waals surface area contributed by atoms with Gasteiger partial charge in [0.1, 0.15) is 0 Å². The predicted octanol–water partition coefficient (Wildman–Crippen LogP) is 13.3. The highest BCUT2D eigenvalue weighted by molar-refractivity contribution is 7.23. The minimum Gasteiger partial charge on any atom is -0.396 e. The van der Waals surface area contributed by atoms with Gasteiger partial charge in [-0.15, -0.1) is 0 Å². The molecular formula is C64H93N15O4S5. The fraction of sp³-hybridized carbons (Fsp3) is 0.453. The molecule has 0 unspecified atom stereocenters. The Morgan fingerprint density at radius 2 is 0.466 bits per heavy atom. The van der Waals surface area contributed by atoms with Gasteiger partial charge >= 0.3 is 0 Å². The highest BCUT2D eigenvalue weighted by Gasteiger charge is 2.13. The number of nitrogens with zero attached hydrogens (tertiary/aromatic N) is 10. The van der Waals surface area contributed by atoms with Gasteiger partial charge in [-0.3, -0.25) is 25.0 Å². The molecule has 478 valence electrons. The molecule has 0 spiro atoms. The number of aromatic nitrogens is 5. The van der Waals surface area contributed by atoms with Crippen molar-refractivity contribution in [2.24, 2.45) is 29.2 Å². The Hall–Kier alpha value is -5.81. The van der Waals surface area contributed by atoms with E-state index in [0.717, 1.165) is 153 Å². The molecule has 10 rings (SSSR count). The SMILES string of the molecule is CCCCCCCCN(N)c1nc2ccccc2s1.NN(CCCCCCCCO)c1nc2ccccc2s1.NN(CCCCCCO)c1nc2ccccc2s1.NN(CCCCO)c1nc2ccccc2s1.NN(CCCO)c1nc2ccccc2s1. The van der Waals surface area contributed by atoms with Crippen molar-refractivity contribution >= 4 is 133 Å². The number of nitrogens with two attached hydrogens (primary N) is 5. The van der Waals surface area contributed by atoms with E-state index in [-0.39, 0.29) is 19.8 Å². The number of hydrazine groups is 5. The maximum absolute atomic E-state index is 8.70. The number of thiazole rings is 5. The van der Waals surface area contributed by atoms with E-state index in [1.165, 1.54) is 65.5 Å². The lowest BCUT2D eigenvalue weighted by molar-refractivity contribution is 0.282. The van der Waals surface area contributed by atoms with Crippen LogP contribution in [0.15, 0.2) is 121 Å². The van der Waals surface area contributed by atoms with Gasteiger partial charge in [0.15, 0.2) is 0 Å². The number of unbranched alkanes of at least 4 members (excludes halogenated alkanes) is 14. The third kappa shape index (κ3) is 24.9. The molecule has 0 aliphatic rings. The first kappa shape index (κ1) is 71.3. The fourth-order valence-electron chi connectivity index (χ4n) is 8.94. The summed E-state index contributed by atoms with van der Waals surface area (Å²) >= 11 is 8.09. The lowest BCUT2D eigenvalue weighted by atomic mass is 10.1. The van der Waals surface area contributed by atoms with E-state index in [1.54, 1.807) is 81.7 Å². The molecule has 24 heteroatoms. The Morgan fingerprint density at radius 3 is 0.705 bits per heavy atom. The second-order valence-electron chi connectivity index (χ2n) is 21.0. The van der Waals surface area contributed by atoms with Crippen LogP contribution in [0.2, 0.25) is 0 Å². The van der Waals surface area contributed by atoms with E-state index in [1.807, 2.05) is 103 Å². The predicted molar refractivity (Wildman–Crippen MR) is 378 cm³/mol. The Labute approximate surface area is 539 Å². The third-order valence-corrected chi connectivity index (χ3v) is 19.2. The van der Waals surface area contributed by atoms with Gasteiger partial charge in [-0.05, 0) is 112 Å². The van der Waals surface area contributed by atoms with Crippen molar-refractivity contribution in [1.29, 1.82) is 0 Å². The Balaban J connectivity index is 0.000000176. The molecule has 0 saturated heterocycles. The largest absolute Gasteiger partial charge is 0.396 e. The van der Waals surface area contributed by atoms with Crippen LogP contribution < -0.4 is 54.3 Å². The lowest BCUT2D eigenvalue weighted by Gasteiger charge is -2.14. The fourth-order valence-corrected chi connectivity index (χ4v) is 13.5. The van der Waals surface area contributed by atoms with Gasteiger partial charge in [-0.2, -0.15) is 0 Å². The van der Waals surface area contributed by atoms with Crippen molar-refractivity contribution in [3.63, 3.8) is 0 Å². The summed E-state index contributed by atoms with van der Waals surface area (Å²) in [6.07, 6.45) is 20.9. The number of rotatable bonds is 33. The molecule has 5 aromatic carbocycles. The van der Waals surface area contributed by atoms with E-state index in [9.17, 15) is 0 Å². The molecule has 0 aliphatic heterocycles. The van der Waals surface area contributed by atoms with E-state index < -0.39 is 0 Å². The first-order chi connectivity index (χ1) is 43.0. The summed E-state index contributed by atoms with van der Waals surface area (Å²) in [6.45, 7) is 7.10. The first-order valence-electron chi connectivity index (χ1n) is 30.9. The summed E-state index contributed by atoms with van der Waals surface area (Å²) in [7, 11) is 0. The second kappa shape index (κ2) is 41.5. The zero-order valence-corrected chi connectivity index (χ0v) is 55.1. The van der Waals surface area contributed by atoms with Gasteiger partial charge in [0, 0.05) is 59.2 Å². The molecule has 0 saturated carbocycles. The van der Waals surface area contributed by atoms with E-state index in [4.69, 9.17) is 49.6 Å². The van der Waals surface area contributed by atoms with Crippen LogP contribution in [0.1, 0.15) is 129 Å². The van der Waals surface area contributed by atoms with Crippen LogP contribution in [0, 0.1) is 0 Å². The van der Waals surface area contributed by atoms with Crippen molar-refractivity contribution in [2.45, 2.75) is 129 Å². The van der Waals surface area contributed by atoms with Gasteiger partial charge in [-0.25, -0.2) is 54.1 Å². The molecule has 5 aromatic heterocycles. The summed E-state index contributed by atoms with van der Waals surface area (Å²) in [6, 6.07) is 40.3. The summed E-state index contributed by atoms with van der Waals surface area (Å²) in [5.41, 5.74) is 5.03. The Bertz CT molecular complexity index is 3270. The van der Waals surface area contributed by atoms with Gasteiger partial charge in [-0.1, -0.05) is 195 Å². The van der Waals surface area contributed by atoms with Crippen molar-refractivity contribution < 1.29 is 20.4 Å². The molecule has 14 N–H and O–H groups in total. The minimum atomic E-state index is 0.151. The van der Waals surface area contributed by atoms with Crippen LogP contribution in [-0.4, -0.2) is 104 Å². The number of aliphatic hydroxyl groups excluding tert-OH is 4. The molecular weight excluding hydrogens is 1200 g/mol. The normalized spacial score (nSPS) is 11.0. The van der Waals surface area contributed by atoms with Crippen LogP contribution in [0.3, 0.4) is 0 Å². The highest BCUT2D eigenvalue weighted by Crippen LogP contribution is 2.31. The molecule has 5 heterocycles. The van der Waals surface area contributed by atoms with Crippen LogP contribution in [0.4, 0.5) is 25.7 Å². The van der Waals surface area contributed by atoms with Crippen molar-refractivity contribution in [3.8, 4) is 0 Å². The molecule has 0 amide bonds. The monoisotopic (exact) mass is 1300 g/mol. The zero-order chi connectivity index (χ0) is 62.6. The number of para-hydroxylation sites is 5. The zero-order valence-electron chi connectivity index (χ0n) is 51.0. The number of hydrogen-bond donors (Lipinski definition) is 9. The number of anilines is 5. The smallest absolute Gasteiger partial charge is 0.200 e. The molecule has 0 bridgehead atoms. The highest BCUT2D eigenvalue weighted by atomic mass is 32.1. The average Bonchev–Trinajstić information content (AvgIpc) is 4.22. The molecule has 10 aromatic rings. The lowest BCUT2D eigenvalue weighted by Crippen LogP contribution is -2.32. The Morgan fingerprint density at radius 1 is 0.273 bits per heavy atom. The molecule has 0 atom stereocenters. The number of hydrogen-bond acceptors (Lipinski definition) is 24. The van der Waals surface area contributed by atoms with Gasteiger partial charge in [0.2, 0.25) is 25.7 Å². The summed E-state index contributed by atoms with van der Waals surface area (Å²) in [5.74, 6) is 29.9. The molecule has 0 aliphatic carbocycles. The maximum atomic E-state index is 8.70. The topological polar surface area (TPSA) is 292 Å². The second-order valence-corrected chi connectivity index (χ2v) is 26.1. The van der Waals surface area contributed by atoms with Crippen molar-refractivity contribution in [1.82, 2.24) is 24.9 Å². The van der Waals surface area contributed by atoms with Gasteiger partial charge in [0.05, 0.1) is 51.1 Å². The molecule has 0 fully saturated rings. The van der Waals surface area contributed by atoms with Crippen LogP contribution in [-0.2, 0) is 0 Å². The number of fused-ring (bicyclic) bond motifs is 5. The molecule has 19 nitrogen and oxygen atoms in total. The summed E-state index contributed by atoms with van der Waals surface area (Å²) in [4.78, 5) is 22.5. The van der Waals surface area contributed by atoms with Gasteiger partial charge in [0.25, 0.3) is 0 Å². The van der Waals surface area contributed by atoms with Gasteiger partial charge < -0.3 is 20.4 Å². The Kier molecular flexibility index (Phi) is 33.6. The van der Waals surface area contributed by atoms with Crippen molar-refractivity contribution in [2.75, 3.05) is 84.2 Å². The van der Waals surface area contributed by atoms with Crippen LogP contribution >= 0.6 is 56.7 Å². The summed E-state index contributed by atoms with van der Waals surface area (Å²) < 4.78 is 5.84. The van der Waals surface area contributed by atoms with E-state index >= 15 is 0 Å². The minimum absolute atomic E-state index is 0.151.